The number of aliphatic hydroxyl groups excluding tert-OH is 1. The molecule has 7 heteroatoms. The van der Waals surface area contributed by atoms with Crippen LogP contribution >= 0.6 is 11.3 Å². The molecule has 18 heavy (non-hydrogen) atoms. The third-order valence-electron chi connectivity index (χ3n) is 2.58. The van der Waals surface area contributed by atoms with Gasteiger partial charge in [0.25, 0.3) is 0 Å². The van der Waals surface area contributed by atoms with Crippen LogP contribution in [0.5, 0.6) is 0 Å². The van der Waals surface area contributed by atoms with E-state index in [1.165, 1.54) is 11.3 Å². The standard InChI is InChI=1S/C11H17N5OS/c1-2-3-7(17)6-13-9-8-4-5-18-10(8)15-11(14-9)16-12/h4-5,7,17H,2-3,6,12H2,1H3,(H2,13,14,15,16). The van der Waals surface area contributed by atoms with Gasteiger partial charge in [-0.05, 0) is 17.9 Å². The van der Waals surface area contributed by atoms with Crippen molar-refractivity contribution in [1.29, 1.82) is 0 Å². The maximum absolute atomic E-state index is 9.72. The van der Waals surface area contributed by atoms with Gasteiger partial charge in [0, 0.05) is 6.54 Å². The molecule has 6 nitrogen and oxygen atoms in total. The van der Waals surface area contributed by atoms with Gasteiger partial charge in [-0.15, -0.1) is 11.3 Å². The van der Waals surface area contributed by atoms with Crippen LogP contribution in [-0.4, -0.2) is 27.7 Å². The number of hydrogen-bond donors (Lipinski definition) is 4. The van der Waals surface area contributed by atoms with Crippen molar-refractivity contribution in [2.75, 3.05) is 17.3 Å². The Balaban J connectivity index is 2.18. The van der Waals surface area contributed by atoms with Gasteiger partial charge in [-0.2, -0.15) is 4.98 Å². The van der Waals surface area contributed by atoms with E-state index in [2.05, 4.69) is 20.7 Å². The highest BCUT2D eigenvalue weighted by atomic mass is 32.1. The first kappa shape index (κ1) is 13.0. The first-order valence-electron chi connectivity index (χ1n) is 5.88. The predicted molar refractivity (Wildman–Crippen MR) is 74.6 cm³/mol. The number of thiophene rings is 1. The highest BCUT2D eigenvalue weighted by molar-refractivity contribution is 7.16. The van der Waals surface area contributed by atoms with Crippen molar-refractivity contribution in [3.05, 3.63) is 11.4 Å². The Morgan fingerprint density at radius 1 is 1.50 bits per heavy atom. The normalized spacial score (nSPS) is 12.6. The van der Waals surface area contributed by atoms with Crippen molar-refractivity contribution in [2.24, 2.45) is 5.84 Å². The maximum Gasteiger partial charge on any atom is 0.240 e. The lowest BCUT2D eigenvalue weighted by molar-refractivity contribution is 0.176. The second kappa shape index (κ2) is 5.94. The smallest absolute Gasteiger partial charge is 0.240 e. The predicted octanol–water partition coefficient (Wildman–Crippen LogP) is 1.55. The molecule has 0 amide bonds. The maximum atomic E-state index is 9.72. The van der Waals surface area contributed by atoms with Gasteiger partial charge in [-0.3, -0.25) is 5.43 Å². The molecule has 0 spiro atoms. The summed E-state index contributed by atoms with van der Waals surface area (Å²) in [5, 5.41) is 15.8. The van der Waals surface area contributed by atoms with Gasteiger partial charge >= 0.3 is 0 Å². The Labute approximate surface area is 109 Å². The summed E-state index contributed by atoms with van der Waals surface area (Å²) in [6, 6.07) is 1.95. The third-order valence-corrected chi connectivity index (χ3v) is 3.39. The van der Waals surface area contributed by atoms with Gasteiger partial charge in [0.1, 0.15) is 10.6 Å². The van der Waals surface area contributed by atoms with Gasteiger partial charge in [0.2, 0.25) is 5.95 Å². The van der Waals surface area contributed by atoms with E-state index in [1.54, 1.807) is 0 Å². The fourth-order valence-corrected chi connectivity index (χ4v) is 2.47. The largest absolute Gasteiger partial charge is 0.391 e. The Kier molecular flexibility index (Phi) is 4.29. The van der Waals surface area contributed by atoms with Crippen LogP contribution in [0, 0.1) is 0 Å². The van der Waals surface area contributed by atoms with E-state index in [9.17, 15) is 5.11 Å². The van der Waals surface area contributed by atoms with E-state index in [0.717, 1.165) is 23.1 Å². The number of hydrazine groups is 1. The van der Waals surface area contributed by atoms with Crippen LogP contribution < -0.4 is 16.6 Å². The summed E-state index contributed by atoms with van der Waals surface area (Å²) in [6.45, 7) is 2.52. The van der Waals surface area contributed by atoms with Crippen LogP contribution in [0.3, 0.4) is 0 Å². The van der Waals surface area contributed by atoms with Crippen molar-refractivity contribution in [2.45, 2.75) is 25.9 Å². The lowest BCUT2D eigenvalue weighted by atomic mass is 10.2. The van der Waals surface area contributed by atoms with Crippen LogP contribution in [0.4, 0.5) is 11.8 Å². The Morgan fingerprint density at radius 2 is 2.33 bits per heavy atom. The Bertz CT molecular complexity index is 515. The molecule has 0 aliphatic rings. The second-order valence-electron chi connectivity index (χ2n) is 4.00. The summed E-state index contributed by atoms with van der Waals surface area (Å²) in [5.41, 5.74) is 2.44. The van der Waals surface area contributed by atoms with Crippen molar-refractivity contribution in [3.63, 3.8) is 0 Å². The van der Waals surface area contributed by atoms with Crippen molar-refractivity contribution < 1.29 is 5.11 Å². The summed E-state index contributed by atoms with van der Waals surface area (Å²) < 4.78 is 0. The number of fused-ring (bicyclic) bond motifs is 1. The first-order valence-corrected chi connectivity index (χ1v) is 6.76. The molecule has 0 radical (unpaired) electrons. The van der Waals surface area contributed by atoms with E-state index in [-0.39, 0.29) is 6.10 Å². The van der Waals surface area contributed by atoms with Gasteiger partial charge in [0.05, 0.1) is 11.5 Å². The van der Waals surface area contributed by atoms with Crippen molar-refractivity contribution in [3.8, 4) is 0 Å². The zero-order valence-electron chi connectivity index (χ0n) is 10.2. The topological polar surface area (TPSA) is 96.1 Å². The average Bonchev–Trinajstić information content (AvgIpc) is 2.84. The van der Waals surface area contributed by atoms with Gasteiger partial charge < -0.3 is 10.4 Å². The number of nitrogen functional groups attached to an aromatic ring is 1. The minimum atomic E-state index is -0.368. The summed E-state index contributed by atoms with van der Waals surface area (Å²) in [7, 11) is 0. The average molecular weight is 267 g/mol. The quantitative estimate of drug-likeness (QED) is 0.468. The summed E-state index contributed by atoms with van der Waals surface area (Å²) in [5.74, 6) is 6.41. The number of nitrogens with zero attached hydrogens (tertiary/aromatic N) is 2. The minimum absolute atomic E-state index is 0.368. The van der Waals surface area contributed by atoms with Gasteiger partial charge in [0.15, 0.2) is 0 Å². The summed E-state index contributed by atoms with van der Waals surface area (Å²) in [6.07, 6.45) is 1.36. The van der Waals surface area contributed by atoms with Gasteiger partial charge in [-0.1, -0.05) is 13.3 Å². The molecule has 0 saturated heterocycles. The van der Waals surface area contributed by atoms with E-state index in [0.29, 0.717) is 18.3 Å². The fourth-order valence-electron chi connectivity index (χ4n) is 1.70. The molecule has 2 heterocycles. The zero-order chi connectivity index (χ0) is 13.0. The minimum Gasteiger partial charge on any atom is -0.391 e. The molecule has 0 bridgehead atoms. The van der Waals surface area contributed by atoms with E-state index in [1.807, 2.05) is 18.4 Å². The lowest BCUT2D eigenvalue weighted by Crippen LogP contribution is -2.20. The summed E-state index contributed by atoms with van der Waals surface area (Å²) in [4.78, 5) is 9.37. The molecule has 0 aliphatic heterocycles. The molecular weight excluding hydrogens is 250 g/mol. The number of anilines is 2. The molecular formula is C11H17N5OS. The number of hydrogen-bond acceptors (Lipinski definition) is 7. The van der Waals surface area contributed by atoms with E-state index >= 15 is 0 Å². The number of rotatable bonds is 6. The molecule has 1 unspecified atom stereocenters. The molecule has 0 aliphatic carbocycles. The van der Waals surface area contributed by atoms with E-state index in [4.69, 9.17) is 5.84 Å². The van der Waals surface area contributed by atoms with Crippen LogP contribution in [0.15, 0.2) is 11.4 Å². The molecule has 0 aromatic carbocycles. The molecule has 2 aromatic rings. The number of aliphatic hydroxyl groups is 1. The van der Waals surface area contributed by atoms with Crippen LogP contribution in [-0.2, 0) is 0 Å². The number of nitrogens with one attached hydrogen (secondary N) is 2. The fraction of sp³-hybridized carbons (Fsp3) is 0.455. The SMILES string of the molecule is CCCC(O)CNc1nc(NN)nc2sccc12. The molecule has 2 rings (SSSR count). The number of aromatic nitrogens is 2. The number of nitrogens with two attached hydrogens (primary N) is 1. The van der Waals surface area contributed by atoms with Gasteiger partial charge in [-0.25, -0.2) is 10.8 Å². The zero-order valence-corrected chi connectivity index (χ0v) is 11.0. The lowest BCUT2D eigenvalue weighted by Gasteiger charge is -2.12. The molecule has 0 fully saturated rings. The van der Waals surface area contributed by atoms with Crippen LogP contribution in [0.1, 0.15) is 19.8 Å². The van der Waals surface area contributed by atoms with Crippen LogP contribution in [0.25, 0.3) is 10.2 Å². The third kappa shape index (κ3) is 2.87. The second-order valence-corrected chi connectivity index (χ2v) is 4.90. The summed E-state index contributed by atoms with van der Waals surface area (Å²) >= 11 is 1.53. The molecule has 1 atom stereocenters. The molecule has 5 N–H and O–H groups in total. The monoisotopic (exact) mass is 267 g/mol. The molecule has 98 valence electrons. The highest BCUT2D eigenvalue weighted by Gasteiger charge is 2.09. The Hall–Kier alpha value is -1.44. The van der Waals surface area contributed by atoms with Crippen LogP contribution in [0.2, 0.25) is 0 Å². The Morgan fingerprint density at radius 3 is 3.06 bits per heavy atom. The first-order chi connectivity index (χ1) is 8.74. The van der Waals surface area contributed by atoms with E-state index < -0.39 is 0 Å². The highest BCUT2D eigenvalue weighted by Crippen LogP contribution is 2.26. The molecule has 0 saturated carbocycles. The van der Waals surface area contributed by atoms with Crippen molar-refractivity contribution >= 4 is 33.3 Å². The molecule has 2 aromatic heterocycles. The van der Waals surface area contributed by atoms with Crippen molar-refractivity contribution in [1.82, 2.24) is 9.97 Å².